The molecule has 0 aliphatic carbocycles. The smallest absolute Gasteiger partial charge is 0.410 e. The first-order valence-electron chi connectivity index (χ1n) is 9.43. The lowest BCUT2D eigenvalue weighted by molar-refractivity contribution is -0.0288. The van der Waals surface area contributed by atoms with E-state index in [0.29, 0.717) is 25.3 Å². The number of methoxy groups -OCH3 is 1. The molecule has 0 aromatic heterocycles. The highest BCUT2D eigenvalue weighted by atomic mass is 16.6. The summed E-state index contributed by atoms with van der Waals surface area (Å²) in [6.07, 6.45) is 3.94. The van der Waals surface area contributed by atoms with Crippen LogP contribution in [0, 0.1) is 5.41 Å². The van der Waals surface area contributed by atoms with Crippen LogP contribution in [0.3, 0.4) is 0 Å². The van der Waals surface area contributed by atoms with Crippen molar-refractivity contribution in [2.24, 2.45) is 5.41 Å². The third-order valence-corrected chi connectivity index (χ3v) is 6.27. The summed E-state index contributed by atoms with van der Waals surface area (Å²) in [4.78, 5) is 28.6. The fourth-order valence-corrected chi connectivity index (χ4v) is 4.38. The molecule has 3 fully saturated rings. The number of carbonyl (C=O) groups excluding carboxylic acids is 2. The normalized spacial score (nSPS) is 27.0. The zero-order valence-electron chi connectivity index (χ0n) is 15.3. The van der Waals surface area contributed by atoms with Gasteiger partial charge in [-0.3, -0.25) is 0 Å². The minimum atomic E-state index is -0.352. The predicted molar refractivity (Wildman–Crippen MR) is 96.0 cm³/mol. The summed E-state index contributed by atoms with van der Waals surface area (Å²) in [7, 11) is 1.38. The average Bonchev–Trinajstić information content (AvgIpc) is 2.72. The maximum atomic E-state index is 12.6. The van der Waals surface area contributed by atoms with E-state index in [1.54, 1.807) is 11.0 Å². The molecule has 5 rings (SSSR count). The van der Waals surface area contributed by atoms with E-state index in [0.717, 1.165) is 50.9 Å². The highest BCUT2D eigenvalue weighted by Crippen LogP contribution is 2.40. The average molecular weight is 358 g/mol. The zero-order chi connectivity index (χ0) is 18.1. The zero-order valence-corrected chi connectivity index (χ0v) is 15.3. The molecule has 0 N–H and O–H groups in total. The second kappa shape index (κ2) is 6.91. The molecule has 2 bridgehead atoms. The summed E-state index contributed by atoms with van der Waals surface area (Å²) in [5, 5.41) is 0. The van der Waals surface area contributed by atoms with Gasteiger partial charge in [0.1, 0.15) is 0 Å². The number of piperidine rings is 3. The Balaban J connectivity index is 1.38. The minimum absolute atomic E-state index is 0.191. The van der Waals surface area contributed by atoms with Crippen molar-refractivity contribution in [3.05, 3.63) is 34.9 Å². The number of benzene rings is 1. The molecule has 0 spiro atoms. The van der Waals surface area contributed by atoms with Gasteiger partial charge in [0.25, 0.3) is 0 Å². The van der Waals surface area contributed by atoms with Crippen molar-refractivity contribution < 1.29 is 19.1 Å². The Hall–Kier alpha value is -2.08. The molecule has 26 heavy (non-hydrogen) atoms. The van der Waals surface area contributed by atoms with E-state index in [1.807, 2.05) is 12.1 Å². The first kappa shape index (κ1) is 17.3. The van der Waals surface area contributed by atoms with Gasteiger partial charge in [0.2, 0.25) is 0 Å². The van der Waals surface area contributed by atoms with Crippen LogP contribution in [0.15, 0.2) is 18.2 Å². The Morgan fingerprint density at radius 3 is 2.50 bits per heavy atom. The summed E-state index contributed by atoms with van der Waals surface area (Å²) < 4.78 is 10.5. The second-order valence-electron chi connectivity index (χ2n) is 7.79. The van der Waals surface area contributed by atoms with E-state index < -0.39 is 0 Å². The lowest BCUT2D eigenvalue weighted by atomic mass is 9.73. The number of nitrogens with zero attached hydrogens (tertiary/aromatic N) is 2. The monoisotopic (exact) mass is 358 g/mol. The topological polar surface area (TPSA) is 59.1 Å². The molecule has 6 heteroatoms. The first-order valence-corrected chi connectivity index (χ1v) is 9.43. The molecule has 1 aromatic carbocycles. The van der Waals surface area contributed by atoms with Gasteiger partial charge in [0, 0.05) is 18.5 Å². The van der Waals surface area contributed by atoms with E-state index in [4.69, 9.17) is 9.47 Å². The number of amides is 1. The Morgan fingerprint density at radius 1 is 1.08 bits per heavy atom. The molecule has 3 saturated heterocycles. The number of esters is 1. The number of ether oxygens (including phenoxy) is 2. The van der Waals surface area contributed by atoms with Gasteiger partial charge in [-0.25, -0.2) is 9.59 Å². The maximum Gasteiger partial charge on any atom is 0.410 e. The first-order chi connectivity index (χ1) is 12.6. The largest absolute Gasteiger partial charge is 0.465 e. The molecule has 140 valence electrons. The van der Waals surface area contributed by atoms with Gasteiger partial charge >= 0.3 is 12.1 Å². The second-order valence-corrected chi connectivity index (χ2v) is 7.79. The molecule has 4 heterocycles. The van der Waals surface area contributed by atoms with Crippen LogP contribution in [0.1, 0.15) is 40.7 Å². The lowest BCUT2D eigenvalue weighted by Crippen LogP contribution is -2.50. The van der Waals surface area contributed by atoms with Crippen molar-refractivity contribution in [2.75, 3.05) is 39.9 Å². The van der Waals surface area contributed by atoms with Crippen molar-refractivity contribution >= 4 is 12.1 Å². The van der Waals surface area contributed by atoms with Gasteiger partial charge in [-0.2, -0.15) is 0 Å². The summed E-state index contributed by atoms with van der Waals surface area (Å²) >= 11 is 0. The van der Waals surface area contributed by atoms with Gasteiger partial charge in [-0.05, 0) is 68.6 Å². The molecule has 0 saturated carbocycles. The molecule has 4 aliphatic heterocycles. The quantitative estimate of drug-likeness (QED) is 0.777. The van der Waals surface area contributed by atoms with Gasteiger partial charge in [-0.15, -0.1) is 0 Å². The van der Waals surface area contributed by atoms with E-state index in [9.17, 15) is 9.59 Å². The Morgan fingerprint density at radius 2 is 1.81 bits per heavy atom. The molecular weight excluding hydrogens is 332 g/mol. The summed E-state index contributed by atoms with van der Waals surface area (Å²) in [5.74, 6) is -0.352. The standard InChI is InChI=1S/C20H26N2O4/c1-25-18(23)16-3-2-15-4-8-22(13-17(15)12-16)19(24)26-14-20-5-9-21(10-6-20)11-7-20/h2-3,12H,4-11,13-14H2,1H3. The Labute approximate surface area is 154 Å². The minimum Gasteiger partial charge on any atom is -0.465 e. The molecule has 0 unspecified atom stereocenters. The molecule has 0 radical (unpaired) electrons. The van der Waals surface area contributed by atoms with Crippen LogP contribution in [-0.4, -0.2) is 61.8 Å². The Kier molecular flexibility index (Phi) is 4.61. The molecule has 1 amide bonds. The van der Waals surface area contributed by atoms with E-state index in [1.165, 1.54) is 12.7 Å². The third kappa shape index (κ3) is 3.30. The van der Waals surface area contributed by atoms with Gasteiger partial charge in [0.05, 0.1) is 19.3 Å². The third-order valence-electron chi connectivity index (χ3n) is 6.27. The molecule has 6 nitrogen and oxygen atoms in total. The lowest BCUT2D eigenvalue weighted by Gasteiger charge is -2.48. The van der Waals surface area contributed by atoms with E-state index >= 15 is 0 Å². The highest BCUT2D eigenvalue weighted by molar-refractivity contribution is 5.89. The van der Waals surface area contributed by atoms with Crippen LogP contribution >= 0.6 is 0 Å². The van der Waals surface area contributed by atoms with E-state index in [2.05, 4.69) is 4.90 Å². The number of carbonyl (C=O) groups is 2. The van der Waals surface area contributed by atoms with Crippen LogP contribution in [0.25, 0.3) is 0 Å². The fraction of sp³-hybridized carbons (Fsp3) is 0.600. The molecule has 4 aliphatic rings. The SMILES string of the molecule is COC(=O)c1ccc2c(c1)CN(C(=O)OCC13CCN(CC1)CC3)CC2. The Bertz CT molecular complexity index is 696. The maximum absolute atomic E-state index is 12.6. The van der Waals surface area contributed by atoms with Crippen molar-refractivity contribution in [3.63, 3.8) is 0 Å². The number of hydrogen-bond donors (Lipinski definition) is 0. The van der Waals surface area contributed by atoms with Crippen LogP contribution in [0.5, 0.6) is 0 Å². The molecular formula is C20H26N2O4. The number of rotatable bonds is 3. The van der Waals surface area contributed by atoms with Gasteiger partial charge in [-0.1, -0.05) is 6.07 Å². The van der Waals surface area contributed by atoms with Crippen LogP contribution in [0.2, 0.25) is 0 Å². The van der Waals surface area contributed by atoms with Crippen molar-refractivity contribution in [1.82, 2.24) is 9.80 Å². The van der Waals surface area contributed by atoms with Crippen LogP contribution < -0.4 is 0 Å². The van der Waals surface area contributed by atoms with Gasteiger partial charge in [0.15, 0.2) is 0 Å². The van der Waals surface area contributed by atoms with E-state index in [-0.39, 0.29) is 17.5 Å². The van der Waals surface area contributed by atoms with Crippen LogP contribution in [-0.2, 0) is 22.4 Å². The molecule has 1 aromatic rings. The van der Waals surface area contributed by atoms with Gasteiger partial charge < -0.3 is 19.3 Å². The van der Waals surface area contributed by atoms with Crippen molar-refractivity contribution in [3.8, 4) is 0 Å². The van der Waals surface area contributed by atoms with Crippen molar-refractivity contribution in [2.45, 2.75) is 32.2 Å². The molecule has 0 atom stereocenters. The number of hydrogen-bond acceptors (Lipinski definition) is 5. The highest BCUT2D eigenvalue weighted by Gasteiger charge is 2.40. The predicted octanol–water partition coefficient (Wildman–Crippen LogP) is 2.45. The number of fused-ring (bicyclic) bond motifs is 4. The van der Waals surface area contributed by atoms with Crippen molar-refractivity contribution in [1.29, 1.82) is 0 Å². The summed E-state index contributed by atoms with van der Waals surface area (Å²) in [6, 6.07) is 5.57. The summed E-state index contributed by atoms with van der Waals surface area (Å²) in [6.45, 7) is 5.07. The fourth-order valence-electron chi connectivity index (χ4n) is 4.38. The van der Waals surface area contributed by atoms with Crippen LogP contribution in [0.4, 0.5) is 4.79 Å². The summed E-state index contributed by atoms with van der Waals surface area (Å²) in [5.41, 5.74) is 2.89.